The Morgan fingerprint density at radius 1 is 0.967 bits per heavy atom. The molecule has 0 radical (unpaired) electrons. The number of piperazine rings is 1. The van der Waals surface area contributed by atoms with Gasteiger partial charge in [0.1, 0.15) is 5.69 Å². The minimum atomic E-state index is 0.0490. The molecule has 2 aromatic rings. The molecular weight excluding hydrogens is 376 g/mol. The number of amides is 2. The van der Waals surface area contributed by atoms with Crippen LogP contribution in [0.15, 0.2) is 18.2 Å². The maximum atomic E-state index is 13.0. The highest BCUT2D eigenvalue weighted by Gasteiger charge is 2.29. The predicted octanol–water partition coefficient (Wildman–Crippen LogP) is 3.05. The average molecular weight is 411 g/mol. The molecule has 6 nitrogen and oxygen atoms in total. The van der Waals surface area contributed by atoms with Crippen molar-refractivity contribution < 1.29 is 9.59 Å². The summed E-state index contributed by atoms with van der Waals surface area (Å²) >= 11 is 0. The number of aryl methyl sites for hydroxylation is 2. The number of carbonyl (C=O) groups is 2. The Bertz CT molecular complexity index is 932. The molecule has 1 aromatic heterocycles. The Morgan fingerprint density at radius 2 is 1.63 bits per heavy atom. The molecule has 2 amide bonds. The number of benzene rings is 1. The number of hydrogen-bond donors (Lipinski definition) is 1. The van der Waals surface area contributed by atoms with Crippen molar-refractivity contribution in [2.24, 2.45) is 11.8 Å². The van der Waals surface area contributed by atoms with Gasteiger partial charge in [-0.05, 0) is 55.4 Å². The van der Waals surface area contributed by atoms with Crippen LogP contribution in [-0.4, -0.2) is 77.3 Å². The lowest BCUT2D eigenvalue weighted by molar-refractivity contribution is -0.135. The maximum Gasteiger partial charge on any atom is 0.270 e. The first-order chi connectivity index (χ1) is 14.3. The molecule has 6 heteroatoms. The highest BCUT2D eigenvalue weighted by Crippen LogP contribution is 2.23. The molecule has 0 bridgehead atoms. The van der Waals surface area contributed by atoms with Crippen molar-refractivity contribution >= 4 is 22.7 Å². The van der Waals surface area contributed by atoms with Gasteiger partial charge in [-0.2, -0.15) is 0 Å². The topological polar surface area (TPSA) is 59.7 Å². The smallest absolute Gasteiger partial charge is 0.270 e. The van der Waals surface area contributed by atoms with Crippen molar-refractivity contribution in [2.45, 2.75) is 34.1 Å². The Hall–Kier alpha value is -2.34. The van der Waals surface area contributed by atoms with E-state index >= 15 is 0 Å². The second kappa shape index (κ2) is 8.42. The fourth-order valence-electron chi connectivity index (χ4n) is 5.15. The average Bonchev–Trinajstić information content (AvgIpc) is 3.11. The molecule has 0 aliphatic carbocycles. The van der Waals surface area contributed by atoms with E-state index in [0.29, 0.717) is 37.2 Å². The maximum absolute atomic E-state index is 13.0. The second-order valence-electron chi connectivity index (χ2n) is 9.54. The van der Waals surface area contributed by atoms with Crippen LogP contribution in [0.1, 0.15) is 41.9 Å². The van der Waals surface area contributed by atoms with Gasteiger partial charge >= 0.3 is 0 Å². The van der Waals surface area contributed by atoms with E-state index in [-0.39, 0.29) is 11.8 Å². The zero-order chi connectivity index (χ0) is 21.4. The fraction of sp³-hybridized carbons (Fsp3) is 0.583. The van der Waals surface area contributed by atoms with Gasteiger partial charge < -0.3 is 14.8 Å². The van der Waals surface area contributed by atoms with Crippen molar-refractivity contribution in [2.75, 3.05) is 45.8 Å². The number of fused-ring (bicyclic) bond motifs is 1. The molecule has 2 aliphatic heterocycles. The Kier molecular flexibility index (Phi) is 5.87. The van der Waals surface area contributed by atoms with Crippen LogP contribution in [0.5, 0.6) is 0 Å². The standard InChI is InChI=1S/C24H34N4O2/c1-16-10-19(4)20-12-22(25-21(20)11-16)24(30)27-7-5-26(6-8-27)15-23(29)28-13-17(2)9-18(3)14-28/h10-12,17-18,25H,5-9,13-15H2,1-4H3/t17-,18-/m0/s1. The van der Waals surface area contributed by atoms with Crippen LogP contribution in [0.4, 0.5) is 0 Å². The summed E-state index contributed by atoms with van der Waals surface area (Å²) in [4.78, 5) is 35.2. The molecule has 2 aliphatic rings. The summed E-state index contributed by atoms with van der Waals surface area (Å²) in [5.41, 5.74) is 4.05. The number of hydrogen-bond acceptors (Lipinski definition) is 3. The lowest BCUT2D eigenvalue weighted by atomic mass is 9.92. The number of nitrogens with one attached hydrogen (secondary N) is 1. The van der Waals surface area contributed by atoms with Crippen LogP contribution < -0.4 is 0 Å². The number of rotatable bonds is 3. The van der Waals surface area contributed by atoms with Gasteiger partial charge in [0, 0.05) is 50.2 Å². The van der Waals surface area contributed by atoms with E-state index in [4.69, 9.17) is 0 Å². The van der Waals surface area contributed by atoms with Crippen molar-refractivity contribution in [3.05, 3.63) is 35.0 Å². The number of aromatic nitrogens is 1. The van der Waals surface area contributed by atoms with E-state index in [1.54, 1.807) is 0 Å². The monoisotopic (exact) mass is 410 g/mol. The van der Waals surface area contributed by atoms with Crippen molar-refractivity contribution in [1.82, 2.24) is 19.7 Å². The van der Waals surface area contributed by atoms with E-state index in [2.05, 4.69) is 49.7 Å². The summed E-state index contributed by atoms with van der Waals surface area (Å²) in [6.45, 7) is 13.6. The SMILES string of the molecule is Cc1cc(C)c2cc(C(=O)N3CCN(CC(=O)N4C[C@@H](C)C[C@H](C)C4)CC3)[nH]c2c1. The molecule has 0 unspecified atom stereocenters. The van der Waals surface area contributed by atoms with Crippen molar-refractivity contribution in [3.63, 3.8) is 0 Å². The van der Waals surface area contributed by atoms with E-state index in [1.165, 1.54) is 17.5 Å². The first-order valence-corrected chi connectivity index (χ1v) is 11.2. The van der Waals surface area contributed by atoms with Gasteiger partial charge in [-0.15, -0.1) is 0 Å². The number of carbonyl (C=O) groups excluding carboxylic acids is 2. The van der Waals surface area contributed by atoms with Crippen LogP contribution in [-0.2, 0) is 4.79 Å². The second-order valence-corrected chi connectivity index (χ2v) is 9.54. The Balaban J connectivity index is 1.33. The molecule has 162 valence electrons. The molecule has 2 fully saturated rings. The molecule has 4 rings (SSSR count). The number of nitrogens with zero attached hydrogens (tertiary/aromatic N) is 3. The van der Waals surface area contributed by atoms with Crippen LogP contribution in [0.2, 0.25) is 0 Å². The van der Waals surface area contributed by atoms with Crippen LogP contribution in [0.3, 0.4) is 0 Å². The Labute approximate surface area is 179 Å². The van der Waals surface area contributed by atoms with Gasteiger partial charge in [0.05, 0.1) is 6.54 Å². The molecule has 0 saturated carbocycles. The number of piperidine rings is 1. The Morgan fingerprint density at radius 3 is 2.30 bits per heavy atom. The van der Waals surface area contributed by atoms with Gasteiger partial charge in [0.25, 0.3) is 5.91 Å². The van der Waals surface area contributed by atoms with Crippen molar-refractivity contribution in [3.8, 4) is 0 Å². The van der Waals surface area contributed by atoms with E-state index in [9.17, 15) is 9.59 Å². The van der Waals surface area contributed by atoms with Crippen LogP contribution in [0, 0.1) is 25.7 Å². The molecule has 1 aromatic carbocycles. The summed E-state index contributed by atoms with van der Waals surface area (Å²) in [6, 6.07) is 6.20. The largest absolute Gasteiger partial charge is 0.351 e. The normalized spacial score (nSPS) is 23.2. The lowest BCUT2D eigenvalue weighted by Crippen LogP contribution is -2.53. The summed E-state index contributed by atoms with van der Waals surface area (Å²) < 4.78 is 0. The molecule has 2 atom stereocenters. The zero-order valence-corrected chi connectivity index (χ0v) is 18.7. The van der Waals surface area contributed by atoms with Crippen molar-refractivity contribution in [1.29, 1.82) is 0 Å². The molecule has 2 saturated heterocycles. The van der Waals surface area contributed by atoms with Gasteiger partial charge in [-0.1, -0.05) is 19.9 Å². The van der Waals surface area contributed by atoms with Crippen LogP contribution >= 0.6 is 0 Å². The number of likely N-dealkylation sites (tertiary alicyclic amines) is 1. The minimum Gasteiger partial charge on any atom is -0.351 e. The van der Waals surface area contributed by atoms with E-state index in [1.807, 2.05) is 15.9 Å². The van der Waals surface area contributed by atoms with E-state index < -0.39 is 0 Å². The predicted molar refractivity (Wildman–Crippen MR) is 120 cm³/mol. The van der Waals surface area contributed by atoms with Gasteiger partial charge in [-0.25, -0.2) is 0 Å². The molecule has 0 spiro atoms. The quantitative estimate of drug-likeness (QED) is 0.846. The summed E-state index contributed by atoms with van der Waals surface area (Å²) in [6.07, 6.45) is 1.21. The summed E-state index contributed by atoms with van der Waals surface area (Å²) in [5.74, 6) is 1.44. The van der Waals surface area contributed by atoms with Gasteiger partial charge in [-0.3, -0.25) is 14.5 Å². The third-order valence-electron chi connectivity index (χ3n) is 6.56. The van der Waals surface area contributed by atoms with Gasteiger partial charge in [0.15, 0.2) is 0 Å². The highest BCUT2D eigenvalue weighted by atomic mass is 16.2. The molecule has 3 heterocycles. The molecule has 30 heavy (non-hydrogen) atoms. The third-order valence-corrected chi connectivity index (χ3v) is 6.56. The first kappa shape index (κ1) is 20.9. The number of aromatic amines is 1. The molecule has 1 N–H and O–H groups in total. The first-order valence-electron chi connectivity index (χ1n) is 11.2. The van der Waals surface area contributed by atoms with Gasteiger partial charge in [0.2, 0.25) is 5.91 Å². The summed E-state index contributed by atoms with van der Waals surface area (Å²) in [7, 11) is 0. The third kappa shape index (κ3) is 4.38. The zero-order valence-electron chi connectivity index (χ0n) is 18.7. The lowest BCUT2D eigenvalue weighted by Gasteiger charge is -2.38. The van der Waals surface area contributed by atoms with Crippen LogP contribution in [0.25, 0.3) is 10.9 Å². The fourth-order valence-corrected chi connectivity index (χ4v) is 5.15. The minimum absolute atomic E-state index is 0.0490. The number of H-pyrrole nitrogens is 1. The highest BCUT2D eigenvalue weighted by molar-refractivity contribution is 5.99. The summed E-state index contributed by atoms with van der Waals surface area (Å²) in [5, 5.41) is 1.11. The molecular formula is C24H34N4O2. The van der Waals surface area contributed by atoms with E-state index in [0.717, 1.165) is 37.1 Å².